The van der Waals surface area contributed by atoms with Crippen molar-refractivity contribution in [3.8, 4) is 0 Å². The van der Waals surface area contributed by atoms with Crippen molar-refractivity contribution in [1.82, 2.24) is 4.98 Å². The highest BCUT2D eigenvalue weighted by Gasteiger charge is 2.36. The van der Waals surface area contributed by atoms with E-state index >= 15 is 0 Å². The molecule has 30 heavy (non-hydrogen) atoms. The van der Waals surface area contributed by atoms with Gasteiger partial charge in [0.2, 0.25) is 5.91 Å². The molecule has 0 radical (unpaired) electrons. The topological polar surface area (TPSA) is 70.5 Å². The third-order valence-electron chi connectivity index (χ3n) is 4.89. The van der Waals surface area contributed by atoms with Crippen LogP contribution in [0.15, 0.2) is 23.1 Å². The predicted molar refractivity (Wildman–Crippen MR) is 108 cm³/mol. The summed E-state index contributed by atoms with van der Waals surface area (Å²) in [4.78, 5) is 30.4. The number of thiazole rings is 1. The normalized spacial score (nSPS) is 16.2. The summed E-state index contributed by atoms with van der Waals surface area (Å²) in [7, 11) is 0. The Bertz CT molecular complexity index is 1210. The predicted octanol–water partition coefficient (Wildman–Crippen LogP) is 4.81. The molecule has 10 heteroatoms. The number of thioether (sulfide) groups is 1. The van der Waals surface area contributed by atoms with E-state index in [1.165, 1.54) is 16.7 Å². The number of hydrogen-bond donors (Lipinski definition) is 1. The van der Waals surface area contributed by atoms with Crippen LogP contribution in [0.25, 0.3) is 10.2 Å². The molecule has 156 valence electrons. The lowest BCUT2D eigenvalue weighted by Gasteiger charge is -2.33. The van der Waals surface area contributed by atoms with Crippen molar-refractivity contribution in [2.75, 3.05) is 4.90 Å². The lowest BCUT2D eigenvalue weighted by molar-refractivity contribution is -0.138. The molecule has 0 fully saturated rings. The average Bonchev–Trinajstić information content (AvgIpc) is 3.09. The quantitative estimate of drug-likeness (QED) is 0.575. The van der Waals surface area contributed by atoms with Crippen molar-refractivity contribution in [3.05, 3.63) is 51.8 Å². The molecule has 1 atom stereocenters. The lowest BCUT2D eigenvalue weighted by Crippen LogP contribution is -2.41. The molecular formula is C20H15F3N2O3S2. The molecule has 0 aliphatic carbocycles. The number of nitrogens with zero attached hydrogens (tertiary/aromatic N) is 2. The summed E-state index contributed by atoms with van der Waals surface area (Å²) in [5.41, 5.74) is 2.09. The maximum absolute atomic E-state index is 14.1. The number of benzene rings is 2. The van der Waals surface area contributed by atoms with E-state index in [2.05, 4.69) is 4.98 Å². The fourth-order valence-corrected chi connectivity index (χ4v) is 5.51. The molecule has 1 amide bonds. The van der Waals surface area contributed by atoms with Crippen molar-refractivity contribution in [2.45, 2.75) is 37.0 Å². The number of carboxylic acids is 1. The highest BCUT2D eigenvalue weighted by molar-refractivity contribution is 8.01. The van der Waals surface area contributed by atoms with Gasteiger partial charge in [0, 0.05) is 11.0 Å². The van der Waals surface area contributed by atoms with Crippen LogP contribution in [0.5, 0.6) is 0 Å². The van der Waals surface area contributed by atoms with E-state index in [1.54, 1.807) is 0 Å². The van der Waals surface area contributed by atoms with E-state index in [-0.39, 0.29) is 22.7 Å². The highest BCUT2D eigenvalue weighted by Crippen LogP contribution is 2.43. The van der Waals surface area contributed by atoms with Gasteiger partial charge in [-0.15, -0.1) is 23.1 Å². The second-order valence-electron chi connectivity index (χ2n) is 6.97. The Kier molecular flexibility index (Phi) is 5.23. The van der Waals surface area contributed by atoms with Crippen LogP contribution in [0.4, 0.5) is 18.9 Å². The number of aryl methyl sites for hydroxylation is 2. The lowest BCUT2D eigenvalue weighted by atomic mass is 10.1. The van der Waals surface area contributed by atoms with Gasteiger partial charge in [0.15, 0.2) is 11.6 Å². The van der Waals surface area contributed by atoms with Crippen LogP contribution in [0.3, 0.4) is 0 Å². The maximum Gasteiger partial charge on any atom is 0.305 e. The third-order valence-corrected chi connectivity index (χ3v) is 7.17. The second kappa shape index (κ2) is 7.59. The SMILES string of the molecule is Cc1cc2c(cc1C)N(Cc1nc3c(F)c(F)cc(F)c3s1)C(=O)C(CC(=O)O)S2. The number of aromatic nitrogens is 1. The van der Waals surface area contributed by atoms with Crippen LogP contribution in [-0.2, 0) is 16.1 Å². The van der Waals surface area contributed by atoms with Crippen molar-refractivity contribution in [2.24, 2.45) is 0 Å². The number of aliphatic carboxylic acids is 1. The minimum absolute atomic E-state index is 0.106. The van der Waals surface area contributed by atoms with Crippen LogP contribution < -0.4 is 4.90 Å². The number of carbonyl (C=O) groups excluding carboxylic acids is 1. The summed E-state index contributed by atoms with van der Waals surface area (Å²) in [6, 6.07) is 4.17. The van der Waals surface area contributed by atoms with E-state index < -0.39 is 40.1 Å². The summed E-state index contributed by atoms with van der Waals surface area (Å²) >= 11 is 2.01. The number of amides is 1. The number of halogens is 3. The Labute approximate surface area is 177 Å². The first kappa shape index (κ1) is 20.7. The van der Waals surface area contributed by atoms with Gasteiger partial charge in [-0.05, 0) is 37.1 Å². The first-order chi connectivity index (χ1) is 14.2. The Morgan fingerprint density at radius 2 is 1.87 bits per heavy atom. The van der Waals surface area contributed by atoms with Crippen LogP contribution in [0, 0.1) is 31.3 Å². The number of carbonyl (C=O) groups is 2. The van der Waals surface area contributed by atoms with Gasteiger partial charge in [0.05, 0.1) is 28.6 Å². The molecular weight excluding hydrogens is 437 g/mol. The minimum atomic E-state index is -1.33. The zero-order valence-corrected chi connectivity index (χ0v) is 17.5. The molecule has 0 saturated heterocycles. The molecule has 3 aromatic rings. The number of carboxylic acid groups (broad SMARTS) is 1. The van der Waals surface area contributed by atoms with Crippen LogP contribution in [0.2, 0.25) is 0 Å². The molecule has 1 N–H and O–H groups in total. The fourth-order valence-electron chi connectivity index (χ4n) is 3.26. The summed E-state index contributed by atoms with van der Waals surface area (Å²) in [5.74, 6) is -5.04. The summed E-state index contributed by atoms with van der Waals surface area (Å²) in [6.45, 7) is 3.69. The third kappa shape index (κ3) is 3.54. The Morgan fingerprint density at radius 3 is 2.57 bits per heavy atom. The number of hydrogen-bond acceptors (Lipinski definition) is 5. The van der Waals surface area contributed by atoms with E-state index in [9.17, 15) is 27.9 Å². The molecule has 1 unspecified atom stereocenters. The van der Waals surface area contributed by atoms with Crippen LogP contribution in [0.1, 0.15) is 22.6 Å². The monoisotopic (exact) mass is 452 g/mol. The molecule has 2 aromatic carbocycles. The summed E-state index contributed by atoms with van der Waals surface area (Å²) in [5, 5.41) is 8.55. The van der Waals surface area contributed by atoms with Gasteiger partial charge < -0.3 is 10.0 Å². The van der Waals surface area contributed by atoms with Gasteiger partial charge in [-0.2, -0.15) is 0 Å². The summed E-state index contributed by atoms with van der Waals surface area (Å²) in [6.07, 6.45) is -0.360. The van der Waals surface area contributed by atoms with Gasteiger partial charge in [-0.1, -0.05) is 0 Å². The molecule has 1 aromatic heterocycles. The highest BCUT2D eigenvalue weighted by atomic mass is 32.2. The van der Waals surface area contributed by atoms with E-state index in [0.717, 1.165) is 27.4 Å². The van der Waals surface area contributed by atoms with Gasteiger partial charge in [-0.25, -0.2) is 18.2 Å². The van der Waals surface area contributed by atoms with Gasteiger partial charge in [0.25, 0.3) is 0 Å². The Hall–Kier alpha value is -2.59. The Morgan fingerprint density at radius 1 is 1.17 bits per heavy atom. The fraction of sp³-hybridized carbons (Fsp3) is 0.250. The molecule has 0 saturated carbocycles. The minimum Gasteiger partial charge on any atom is -0.481 e. The van der Waals surface area contributed by atoms with Crippen LogP contribution >= 0.6 is 23.1 Å². The van der Waals surface area contributed by atoms with E-state index in [1.807, 2.05) is 26.0 Å². The summed E-state index contributed by atoms with van der Waals surface area (Å²) < 4.78 is 41.5. The zero-order valence-electron chi connectivity index (χ0n) is 15.8. The molecule has 1 aliphatic rings. The Balaban J connectivity index is 1.79. The van der Waals surface area contributed by atoms with Gasteiger partial charge in [0.1, 0.15) is 16.3 Å². The first-order valence-electron chi connectivity index (χ1n) is 8.89. The molecule has 5 nitrogen and oxygen atoms in total. The molecule has 2 heterocycles. The van der Waals surface area contributed by atoms with Crippen LogP contribution in [-0.4, -0.2) is 27.2 Å². The molecule has 1 aliphatic heterocycles. The number of anilines is 1. The van der Waals surface area contributed by atoms with Crippen molar-refractivity contribution >= 4 is 50.9 Å². The maximum atomic E-state index is 14.1. The average molecular weight is 452 g/mol. The smallest absolute Gasteiger partial charge is 0.305 e. The van der Waals surface area contributed by atoms with Crippen molar-refractivity contribution in [3.63, 3.8) is 0 Å². The standard InChI is InChI=1S/C20H15F3N2O3S2/c1-8-3-12-13(4-9(8)2)29-14(6-16(26)27)20(28)25(12)7-15-24-18-17(23)10(21)5-11(22)19(18)30-15/h3-5,14H,6-7H2,1-2H3,(H,26,27). The number of fused-ring (bicyclic) bond motifs is 2. The number of rotatable bonds is 4. The second-order valence-corrected chi connectivity index (χ2v) is 9.30. The largest absolute Gasteiger partial charge is 0.481 e. The van der Waals surface area contributed by atoms with Gasteiger partial charge in [-0.3, -0.25) is 9.59 Å². The van der Waals surface area contributed by atoms with E-state index in [0.29, 0.717) is 11.8 Å². The van der Waals surface area contributed by atoms with Crippen molar-refractivity contribution < 1.29 is 27.9 Å². The van der Waals surface area contributed by atoms with Crippen molar-refractivity contribution in [1.29, 1.82) is 0 Å². The van der Waals surface area contributed by atoms with E-state index in [4.69, 9.17) is 0 Å². The zero-order chi connectivity index (χ0) is 21.7. The first-order valence-corrected chi connectivity index (χ1v) is 10.6. The van der Waals surface area contributed by atoms with Gasteiger partial charge >= 0.3 is 5.97 Å². The molecule has 0 spiro atoms. The molecule has 0 bridgehead atoms. The molecule has 4 rings (SSSR count).